The Balaban J connectivity index is -0.000000980. The van der Waals surface area contributed by atoms with Crippen LogP contribution in [0, 0.1) is 0 Å². The third-order valence-electron chi connectivity index (χ3n) is 2.95. The van der Waals surface area contributed by atoms with E-state index in [-0.39, 0.29) is 31.0 Å². The average Bonchev–Trinajstić information content (AvgIpc) is 2.26. The van der Waals surface area contributed by atoms with E-state index in [9.17, 15) is 0 Å². The Labute approximate surface area is 126 Å². The molecular weight excluding hydrogens is 207 g/mol. The van der Waals surface area contributed by atoms with Crippen LogP contribution in [0.2, 0.25) is 0 Å². The van der Waals surface area contributed by atoms with E-state index in [2.05, 4.69) is 6.92 Å². The first kappa shape index (κ1) is 19.3. The molecule has 0 saturated heterocycles. The molecule has 16 heavy (non-hydrogen) atoms. The molecule has 0 fully saturated rings. The van der Waals surface area contributed by atoms with Crippen LogP contribution in [-0.2, 0) is 4.74 Å². The molecule has 0 aromatic heterocycles. The fraction of sp³-hybridized carbons (Fsp3) is 1.00. The van der Waals surface area contributed by atoms with Crippen LogP contribution in [0.3, 0.4) is 0 Å². The van der Waals surface area contributed by atoms with E-state index in [1.807, 2.05) is 0 Å². The minimum absolute atomic E-state index is 0. The van der Waals surface area contributed by atoms with Gasteiger partial charge in [0.25, 0.3) is 0 Å². The zero-order chi connectivity index (χ0) is 11.2. The molecule has 0 aromatic rings. The van der Waals surface area contributed by atoms with E-state index in [0.717, 1.165) is 6.61 Å². The molecule has 0 saturated carbocycles. The maximum atomic E-state index is 5.02. The fourth-order valence-corrected chi connectivity index (χ4v) is 1.91. The number of ether oxygens (including phenoxy) is 1. The number of hydrogen-bond acceptors (Lipinski definition) is 1. The van der Waals surface area contributed by atoms with Crippen molar-refractivity contribution >= 4 is 0 Å². The van der Waals surface area contributed by atoms with Crippen LogP contribution in [0.4, 0.5) is 0 Å². The summed E-state index contributed by atoms with van der Waals surface area (Å²) in [6.45, 7) is 3.22. The van der Waals surface area contributed by atoms with Crippen molar-refractivity contribution in [2.24, 2.45) is 0 Å². The minimum Gasteiger partial charge on any atom is -1.00 e. The van der Waals surface area contributed by atoms with Crippen LogP contribution < -0.4 is 29.6 Å². The molecule has 0 atom stereocenters. The molecule has 0 aliphatic heterocycles. The van der Waals surface area contributed by atoms with E-state index in [0.29, 0.717) is 0 Å². The molecular formula is C14H31NaO. The molecule has 2 heteroatoms. The van der Waals surface area contributed by atoms with Crippen LogP contribution in [0.1, 0.15) is 79.0 Å². The van der Waals surface area contributed by atoms with Crippen LogP contribution in [0.25, 0.3) is 0 Å². The third-order valence-corrected chi connectivity index (χ3v) is 2.95. The van der Waals surface area contributed by atoms with E-state index in [1.54, 1.807) is 7.11 Å². The number of unbranched alkanes of at least 4 members (excludes halogenated alkanes) is 10. The van der Waals surface area contributed by atoms with Crippen molar-refractivity contribution in [2.45, 2.75) is 77.6 Å². The van der Waals surface area contributed by atoms with Gasteiger partial charge in [-0.25, -0.2) is 0 Å². The molecule has 0 bridgehead atoms. The molecule has 0 aliphatic rings. The van der Waals surface area contributed by atoms with Gasteiger partial charge in [0.2, 0.25) is 0 Å². The number of methoxy groups -OCH3 is 1. The minimum atomic E-state index is 0. The van der Waals surface area contributed by atoms with Crippen molar-refractivity contribution in [1.82, 2.24) is 0 Å². The molecule has 1 nitrogen and oxygen atoms in total. The van der Waals surface area contributed by atoms with Gasteiger partial charge in [0.1, 0.15) is 0 Å². The monoisotopic (exact) mass is 238 g/mol. The predicted molar refractivity (Wildman–Crippen MR) is 69.4 cm³/mol. The van der Waals surface area contributed by atoms with Gasteiger partial charge in [0.05, 0.1) is 0 Å². The van der Waals surface area contributed by atoms with E-state index < -0.39 is 0 Å². The maximum absolute atomic E-state index is 5.02. The number of hydrogen-bond donors (Lipinski definition) is 0. The standard InChI is InChI=1S/C14H30O.Na.H/c1-3-4-5-6-7-8-9-10-11-12-13-14-15-2;;/h3-14H2,1-2H3;;/q;+1;-1. The summed E-state index contributed by atoms with van der Waals surface area (Å²) in [6.07, 6.45) is 15.5. The second-order valence-electron chi connectivity index (χ2n) is 4.53. The van der Waals surface area contributed by atoms with E-state index in [1.165, 1.54) is 70.6 Å². The van der Waals surface area contributed by atoms with Crippen LogP contribution in [0.15, 0.2) is 0 Å². The topological polar surface area (TPSA) is 9.23 Å². The molecule has 0 N–H and O–H groups in total. The average molecular weight is 238 g/mol. The molecule has 0 heterocycles. The first-order valence-corrected chi connectivity index (χ1v) is 6.90. The summed E-state index contributed by atoms with van der Waals surface area (Å²) < 4.78 is 5.02. The predicted octanol–water partition coefficient (Wildman–Crippen LogP) is 2.06. The first-order chi connectivity index (χ1) is 7.41. The third kappa shape index (κ3) is 17.4. The molecule has 0 radical (unpaired) electrons. The molecule has 0 aromatic carbocycles. The smallest absolute Gasteiger partial charge is 1.00 e. The van der Waals surface area contributed by atoms with Crippen LogP contribution in [-0.4, -0.2) is 13.7 Å². The Kier molecular flexibility index (Phi) is 22.1. The summed E-state index contributed by atoms with van der Waals surface area (Å²) in [7, 11) is 1.79. The normalized spacial score (nSPS) is 10.1. The summed E-state index contributed by atoms with van der Waals surface area (Å²) in [4.78, 5) is 0. The van der Waals surface area contributed by atoms with Gasteiger partial charge >= 0.3 is 29.6 Å². The van der Waals surface area contributed by atoms with Gasteiger partial charge in [-0.05, 0) is 6.42 Å². The maximum Gasteiger partial charge on any atom is 1.00 e. The first-order valence-electron chi connectivity index (χ1n) is 6.90. The zero-order valence-electron chi connectivity index (χ0n) is 12.9. The molecule has 94 valence electrons. The van der Waals surface area contributed by atoms with Crippen molar-refractivity contribution < 1.29 is 35.7 Å². The SMILES string of the molecule is CCCCCCCCCCCCCOC.[H-].[Na+]. The second kappa shape index (κ2) is 18.3. The Morgan fingerprint density at radius 2 is 1.06 bits per heavy atom. The van der Waals surface area contributed by atoms with Crippen LogP contribution in [0.5, 0.6) is 0 Å². The molecule has 0 unspecified atom stereocenters. The molecule has 0 aliphatic carbocycles. The molecule has 0 rings (SSSR count). The van der Waals surface area contributed by atoms with Crippen molar-refractivity contribution in [2.75, 3.05) is 13.7 Å². The van der Waals surface area contributed by atoms with Gasteiger partial charge in [-0.15, -0.1) is 0 Å². The summed E-state index contributed by atoms with van der Waals surface area (Å²) in [6, 6.07) is 0. The quantitative estimate of drug-likeness (QED) is 0.373. The molecule has 0 spiro atoms. The Hall–Kier alpha value is 0.960. The van der Waals surface area contributed by atoms with Crippen LogP contribution >= 0.6 is 0 Å². The Morgan fingerprint density at radius 3 is 1.44 bits per heavy atom. The van der Waals surface area contributed by atoms with Gasteiger partial charge in [0, 0.05) is 13.7 Å². The molecule has 0 amide bonds. The fourth-order valence-electron chi connectivity index (χ4n) is 1.91. The second-order valence-corrected chi connectivity index (χ2v) is 4.53. The van der Waals surface area contributed by atoms with Gasteiger partial charge in [0.15, 0.2) is 0 Å². The Morgan fingerprint density at radius 1 is 0.688 bits per heavy atom. The van der Waals surface area contributed by atoms with Gasteiger partial charge in [-0.2, -0.15) is 0 Å². The largest absolute Gasteiger partial charge is 1.00 e. The van der Waals surface area contributed by atoms with Crippen molar-refractivity contribution in [3.63, 3.8) is 0 Å². The zero-order valence-corrected chi connectivity index (χ0v) is 13.9. The Bertz CT molecular complexity index is 100. The summed E-state index contributed by atoms with van der Waals surface area (Å²) in [5, 5.41) is 0. The van der Waals surface area contributed by atoms with Gasteiger partial charge in [-0.1, -0.05) is 71.1 Å². The van der Waals surface area contributed by atoms with Gasteiger partial charge < -0.3 is 6.16 Å². The summed E-state index contributed by atoms with van der Waals surface area (Å²) in [5.41, 5.74) is 0. The van der Waals surface area contributed by atoms with Crippen molar-refractivity contribution in [3.8, 4) is 0 Å². The van der Waals surface area contributed by atoms with Gasteiger partial charge in [-0.3, -0.25) is 0 Å². The van der Waals surface area contributed by atoms with Crippen molar-refractivity contribution in [3.05, 3.63) is 0 Å². The summed E-state index contributed by atoms with van der Waals surface area (Å²) >= 11 is 0. The number of rotatable bonds is 12. The van der Waals surface area contributed by atoms with Crippen molar-refractivity contribution in [1.29, 1.82) is 0 Å². The van der Waals surface area contributed by atoms with E-state index >= 15 is 0 Å². The summed E-state index contributed by atoms with van der Waals surface area (Å²) in [5.74, 6) is 0. The van der Waals surface area contributed by atoms with E-state index in [4.69, 9.17) is 4.74 Å².